The zero-order chi connectivity index (χ0) is 12.6. The molecule has 2 rings (SSSR count). The lowest BCUT2D eigenvalue weighted by Crippen LogP contribution is -2.46. The molecule has 1 heterocycles. The van der Waals surface area contributed by atoms with Gasteiger partial charge >= 0.3 is 5.97 Å². The minimum atomic E-state index is -0.883. The van der Waals surface area contributed by atoms with E-state index in [9.17, 15) is 9.59 Å². The zero-order valence-electron chi connectivity index (χ0n) is 10.3. The fourth-order valence-electron chi connectivity index (χ4n) is 2.44. The van der Waals surface area contributed by atoms with Gasteiger partial charge in [-0.1, -0.05) is 6.92 Å². The van der Waals surface area contributed by atoms with E-state index in [1.165, 1.54) is 0 Å². The number of likely N-dealkylation sites (N-methyl/N-ethyl adjacent to an activating group) is 1. The van der Waals surface area contributed by atoms with Crippen molar-refractivity contribution >= 4 is 11.9 Å². The molecule has 17 heavy (non-hydrogen) atoms. The topological polar surface area (TPSA) is 66.8 Å². The van der Waals surface area contributed by atoms with Crippen LogP contribution in [0.4, 0.5) is 0 Å². The van der Waals surface area contributed by atoms with Gasteiger partial charge in [-0.05, 0) is 18.8 Å². The lowest BCUT2D eigenvalue weighted by molar-refractivity contribution is -0.145. The number of rotatable bonds is 4. The summed E-state index contributed by atoms with van der Waals surface area (Å²) in [4.78, 5) is 24.8. The highest BCUT2D eigenvalue weighted by molar-refractivity contribution is 5.80. The van der Waals surface area contributed by atoms with E-state index in [2.05, 4.69) is 0 Å². The molecule has 3 atom stereocenters. The Morgan fingerprint density at radius 2 is 2.00 bits per heavy atom. The van der Waals surface area contributed by atoms with Crippen molar-refractivity contribution in [1.29, 1.82) is 0 Å². The molecule has 0 bridgehead atoms. The maximum absolute atomic E-state index is 12.2. The number of aliphatic carboxylic acids is 1. The number of nitrogens with zero attached hydrogens (tertiary/aromatic N) is 1. The number of carbonyl (C=O) groups is 2. The molecule has 0 spiro atoms. The van der Waals surface area contributed by atoms with Crippen molar-refractivity contribution in [3.05, 3.63) is 0 Å². The maximum Gasteiger partial charge on any atom is 0.311 e. The molecule has 3 unspecified atom stereocenters. The van der Waals surface area contributed by atoms with Crippen LogP contribution in [0, 0.1) is 17.8 Å². The SMILES string of the molecule is CC(C(=O)N(C)C1COCC1C(=O)O)C1CC1. The fraction of sp³-hybridized carbons (Fsp3) is 0.833. The van der Waals surface area contributed by atoms with E-state index < -0.39 is 11.9 Å². The van der Waals surface area contributed by atoms with Crippen LogP contribution in [0.3, 0.4) is 0 Å². The summed E-state index contributed by atoms with van der Waals surface area (Å²) < 4.78 is 5.18. The predicted octanol–water partition coefficient (Wildman–Crippen LogP) is 0.590. The minimum Gasteiger partial charge on any atom is -0.481 e. The van der Waals surface area contributed by atoms with E-state index in [1.807, 2.05) is 6.92 Å². The molecule has 1 saturated heterocycles. The van der Waals surface area contributed by atoms with Gasteiger partial charge in [-0.25, -0.2) is 0 Å². The standard InChI is InChI=1S/C12H19NO4/c1-7(8-3-4-8)11(14)13(2)10-6-17-5-9(10)12(15)16/h7-10H,3-6H2,1-2H3,(H,15,16). The molecule has 0 aromatic rings. The summed E-state index contributed by atoms with van der Waals surface area (Å²) >= 11 is 0. The van der Waals surface area contributed by atoms with Gasteiger partial charge in [0.2, 0.25) is 5.91 Å². The van der Waals surface area contributed by atoms with E-state index in [1.54, 1.807) is 11.9 Å². The Kier molecular flexibility index (Phi) is 3.38. The maximum atomic E-state index is 12.2. The number of ether oxygens (including phenoxy) is 1. The molecule has 5 nitrogen and oxygen atoms in total. The minimum absolute atomic E-state index is 0.00930. The van der Waals surface area contributed by atoms with Gasteiger partial charge in [-0.3, -0.25) is 9.59 Å². The van der Waals surface area contributed by atoms with Gasteiger partial charge < -0.3 is 14.7 Å². The van der Waals surface area contributed by atoms with Crippen molar-refractivity contribution in [3.63, 3.8) is 0 Å². The molecule has 0 aromatic carbocycles. The number of hydrogen-bond acceptors (Lipinski definition) is 3. The van der Waals surface area contributed by atoms with E-state index in [-0.39, 0.29) is 24.5 Å². The first kappa shape index (κ1) is 12.4. The molecule has 0 radical (unpaired) electrons. The Morgan fingerprint density at radius 1 is 1.35 bits per heavy atom. The quantitative estimate of drug-likeness (QED) is 0.782. The van der Waals surface area contributed by atoms with E-state index in [4.69, 9.17) is 9.84 Å². The zero-order valence-corrected chi connectivity index (χ0v) is 10.3. The summed E-state index contributed by atoms with van der Waals surface area (Å²) in [5.74, 6) is -0.915. The average molecular weight is 241 g/mol. The Morgan fingerprint density at radius 3 is 2.53 bits per heavy atom. The van der Waals surface area contributed by atoms with Crippen molar-refractivity contribution < 1.29 is 19.4 Å². The van der Waals surface area contributed by atoms with Gasteiger partial charge in [0, 0.05) is 13.0 Å². The van der Waals surface area contributed by atoms with Crippen molar-refractivity contribution in [1.82, 2.24) is 4.90 Å². The highest BCUT2D eigenvalue weighted by atomic mass is 16.5. The van der Waals surface area contributed by atoms with Gasteiger partial charge in [0.25, 0.3) is 0 Å². The molecule has 96 valence electrons. The number of amides is 1. The summed E-state index contributed by atoms with van der Waals surface area (Å²) in [6, 6.07) is -0.318. The van der Waals surface area contributed by atoms with Gasteiger partial charge in [0.1, 0.15) is 5.92 Å². The first-order valence-electron chi connectivity index (χ1n) is 6.09. The van der Waals surface area contributed by atoms with Crippen LogP contribution >= 0.6 is 0 Å². The summed E-state index contributed by atoms with van der Waals surface area (Å²) in [6.07, 6.45) is 2.23. The van der Waals surface area contributed by atoms with E-state index in [0.717, 1.165) is 12.8 Å². The molecular formula is C12H19NO4. The summed E-state index contributed by atoms with van der Waals surface area (Å²) in [6.45, 7) is 2.47. The first-order valence-corrected chi connectivity index (χ1v) is 6.09. The highest BCUT2D eigenvalue weighted by Gasteiger charge is 2.41. The molecule has 5 heteroatoms. The van der Waals surface area contributed by atoms with Crippen molar-refractivity contribution in [2.45, 2.75) is 25.8 Å². The fourth-order valence-corrected chi connectivity index (χ4v) is 2.44. The van der Waals surface area contributed by atoms with Crippen molar-refractivity contribution in [2.24, 2.45) is 17.8 Å². The Labute approximate surface area is 101 Å². The van der Waals surface area contributed by atoms with Gasteiger partial charge in [-0.15, -0.1) is 0 Å². The summed E-state index contributed by atoms with van der Waals surface area (Å²) in [5, 5.41) is 9.06. The lowest BCUT2D eigenvalue weighted by Gasteiger charge is -2.28. The van der Waals surface area contributed by atoms with Crippen molar-refractivity contribution in [2.75, 3.05) is 20.3 Å². The molecule has 2 fully saturated rings. The Balaban J connectivity index is 2.00. The van der Waals surface area contributed by atoms with E-state index in [0.29, 0.717) is 12.5 Å². The number of hydrogen-bond donors (Lipinski definition) is 1. The van der Waals surface area contributed by atoms with Crippen LogP contribution in [0.25, 0.3) is 0 Å². The number of carboxylic acid groups (broad SMARTS) is 1. The number of carbonyl (C=O) groups excluding carboxylic acids is 1. The van der Waals surface area contributed by atoms with Crippen LogP contribution in [-0.4, -0.2) is 48.2 Å². The summed E-state index contributed by atoms with van der Waals surface area (Å²) in [7, 11) is 1.69. The van der Waals surface area contributed by atoms with Crippen LogP contribution in [-0.2, 0) is 14.3 Å². The molecule has 1 N–H and O–H groups in total. The van der Waals surface area contributed by atoms with Crippen LogP contribution in [0.15, 0.2) is 0 Å². The second-order valence-corrected chi connectivity index (χ2v) is 5.12. The van der Waals surface area contributed by atoms with Gasteiger partial charge in [0.15, 0.2) is 0 Å². The monoisotopic (exact) mass is 241 g/mol. The van der Waals surface area contributed by atoms with Crippen LogP contribution in [0.5, 0.6) is 0 Å². The van der Waals surface area contributed by atoms with Crippen LogP contribution in [0.2, 0.25) is 0 Å². The van der Waals surface area contributed by atoms with E-state index >= 15 is 0 Å². The molecule has 0 aromatic heterocycles. The molecular weight excluding hydrogens is 222 g/mol. The first-order chi connectivity index (χ1) is 8.02. The van der Waals surface area contributed by atoms with Gasteiger partial charge in [0.05, 0.1) is 19.3 Å². The second-order valence-electron chi connectivity index (χ2n) is 5.12. The largest absolute Gasteiger partial charge is 0.481 e. The third-order valence-corrected chi connectivity index (χ3v) is 3.93. The Hall–Kier alpha value is -1.10. The third kappa shape index (κ3) is 2.44. The molecule has 1 saturated carbocycles. The second kappa shape index (κ2) is 4.64. The number of carboxylic acids is 1. The molecule has 1 aliphatic carbocycles. The Bertz CT molecular complexity index is 326. The molecule has 2 aliphatic rings. The smallest absolute Gasteiger partial charge is 0.311 e. The molecule has 1 aliphatic heterocycles. The highest BCUT2D eigenvalue weighted by Crippen LogP contribution is 2.37. The predicted molar refractivity (Wildman–Crippen MR) is 60.4 cm³/mol. The van der Waals surface area contributed by atoms with Gasteiger partial charge in [-0.2, -0.15) is 0 Å². The van der Waals surface area contributed by atoms with Crippen LogP contribution in [0.1, 0.15) is 19.8 Å². The third-order valence-electron chi connectivity index (χ3n) is 3.93. The molecule has 1 amide bonds. The normalized spacial score (nSPS) is 30.0. The van der Waals surface area contributed by atoms with Crippen molar-refractivity contribution in [3.8, 4) is 0 Å². The van der Waals surface area contributed by atoms with Crippen LogP contribution < -0.4 is 0 Å². The average Bonchev–Trinajstić information content (AvgIpc) is 3.02. The lowest BCUT2D eigenvalue weighted by atomic mass is 9.99. The summed E-state index contributed by atoms with van der Waals surface area (Å²) in [5.41, 5.74) is 0.